The van der Waals surface area contributed by atoms with Gasteiger partial charge in [0.15, 0.2) is 11.5 Å². The molecule has 0 aliphatic rings. The number of phenolic OH excluding ortho intramolecular Hbond substituents is 2. The Morgan fingerprint density at radius 3 is 2.46 bits per heavy atom. The van der Waals surface area contributed by atoms with Crippen molar-refractivity contribution in [2.24, 2.45) is 0 Å². The molecule has 6 heteroatoms. The number of nitrogens with one attached hydrogen (secondary N) is 1. The Morgan fingerprint density at radius 1 is 1.00 bits per heavy atom. The van der Waals surface area contributed by atoms with Gasteiger partial charge in [-0.25, -0.2) is 0 Å². The lowest BCUT2D eigenvalue weighted by Gasteiger charge is -2.14. The van der Waals surface area contributed by atoms with E-state index in [2.05, 4.69) is 5.32 Å². The quantitative estimate of drug-likeness (QED) is 0.436. The number of methoxy groups -OCH3 is 2. The van der Waals surface area contributed by atoms with E-state index >= 15 is 0 Å². The molecule has 0 aliphatic carbocycles. The summed E-state index contributed by atoms with van der Waals surface area (Å²) in [7, 11) is 3.23. The fourth-order valence-corrected chi connectivity index (χ4v) is 2.39. The van der Waals surface area contributed by atoms with Crippen molar-refractivity contribution in [3.8, 4) is 23.0 Å². The number of aromatic hydroxyl groups is 2. The van der Waals surface area contributed by atoms with E-state index < -0.39 is 6.10 Å². The van der Waals surface area contributed by atoms with Gasteiger partial charge < -0.3 is 30.1 Å². The number of rotatable bonds is 8. The zero-order valence-electron chi connectivity index (χ0n) is 13.8. The Morgan fingerprint density at radius 2 is 1.79 bits per heavy atom. The molecule has 24 heavy (non-hydrogen) atoms. The lowest BCUT2D eigenvalue weighted by Crippen LogP contribution is -2.23. The zero-order chi connectivity index (χ0) is 17.5. The Balaban J connectivity index is 1.85. The van der Waals surface area contributed by atoms with Crippen molar-refractivity contribution in [1.29, 1.82) is 0 Å². The van der Waals surface area contributed by atoms with Crippen LogP contribution in [-0.2, 0) is 6.42 Å². The normalized spacial score (nSPS) is 12.0. The largest absolute Gasteiger partial charge is 0.504 e. The number of benzene rings is 2. The van der Waals surface area contributed by atoms with Crippen molar-refractivity contribution in [3.63, 3.8) is 0 Å². The van der Waals surface area contributed by atoms with Gasteiger partial charge in [0.05, 0.1) is 20.3 Å². The van der Waals surface area contributed by atoms with Gasteiger partial charge in [-0.1, -0.05) is 12.1 Å². The average molecular weight is 333 g/mol. The van der Waals surface area contributed by atoms with Crippen LogP contribution in [0.3, 0.4) is 0 Å². The van der Waals surface area contributed by atoms with Gasteiger partial charge in [-0.15, -0.1) is 0 Å². The first-order chi connectivity index (χ1) is 11.5. The van der Waals surface area contributed by atoms with Crippen LogP contribution in [-0.4, -0.2) is 42.6 Å². The number of aliphatic hydroxyl groups excluding tert-OH is 1. The van der Waals surface area contributed by atoms with Crippen molar-refractivity contribution in [1.82, 2.24) is 5.32 Å². The van der Waals surface area contributed by atoms with Crippen LogP contribution >= 0.6 is 0 Å². The van der Waals surface area contributed by atoms with Gasteiger partial charge in [0.1, 0.15) is 11.5 Å². The highest BCUT2D eigenvalue weighted by molar-refractivity contribution is 5.42. The summed E-state index contributed by atoms with van der Waals surface area (Å²) in [6.07, 6.45) is -0.0324. The third-order valence-electron chi connectivity index (χ3n) is 3.79. The van der Waals surface area contributed by atoms with Gasteiger partial charge in [-0.3, -0.25) is 0 Å². The van der Waals surface area contributed by atoms with E-state index in [9.17, 15) is 15.3 Å². The van der Waals surface area contributed by atoms with E-state index in [0.29, 0.717) is 18.7 Å². The molecule has 0 saturated carbocycles. The smallest absolute Gasteiger partial charge is 0.157 e. The minimum Gasteiger partial charge on any atom is -0.504 e. The van der Waals surface area contributed by atoms with Crippen molar-refractivity contribution in [2.45, 2.75) is 12.5 Å². The van der Waals surface area contributed by atoms with Gasteiger partial charge in [0, 0.05) is 12.6 Å². The first-order valence-electron chi connectivity index (χ1n) is 7.66. The maximum atomic E-state index is 10.1. The molecule has 0 aliphatic heterocycles. The van der Waals surface area contributed by atoms with Crippen molar-refractivity contribution in [2.75, 3.05) is 27.3 Å². The Kier molecular flexibility index (Phi) is 6.28. The van der Waals surface area contributed by atoms with Gasteiger partial charge >= 0.3 is 0 Å². The van der Waals surface area contributed by atoms with Gasteiger partial charge in [0.2, 0.25) is 0 Å². The third kappa shape index (κ3) is 4.53. The van der Waals surface area contributed by atoms with E-state index in [1.165, 1.54) is 12.1 Å². The molecule has 130 valence electrons. The molecule has 0 fully saturated rings. The summed E-state index contributed by atoms with van der Waals surface area (Å²) in [5, 5.41) is 32.0. The molecule has 1 atom stereocenters. The van der Waals surface area contributed by atoms with Gasteiger partial charge in [0.25, 0.3) is 0 Å². The van der Waals surface area contributed by atoms with Crippen molar-refractivity contribution >= 4 is 0 Å². The van der Waals surface area contributed by atoms with Crippen LogP contribution < -0.4 is 14.8 Å². The summed E-state index contributed by atoms with van der Waals surface area (Å²) in [5.41, 5.74) is 1.59. The number of hydrogen-bond donors (Lipinski definition) is 4. The molecule has 0 bridgehead atoms. The maximum absolute atomic E-state index is 10.1. The summed E-state index contributed by atoms with van der Waals surface area (Å²) >= 11 is 0. The minimum absolute atomic E-state index is 0.203. The summed E-state index contributed by atoms with van der Waals surface area (Å²) in [4.78, 5) is 0. The third-order valence-corrected chi connectivity index (χ3v) is 3.79. The molecule has 2 aromatic rings. The first kappa shape index (κ1) is 17.9. The molecule has 4 N–H and O–H groups in total. The number of ether oxygens (including phenoxy) is 2. The molecule has 0 radical (unpaired) electrons. The topological polar surface area (TPSA) is 91.2 Å². The molecule has 0 heterocycles. The Labute approximate surface area is 141 Å². The fraction of sp³-hybridized carbons (Fsp3) is 0.333. The lowest BCUT2D eigenvalue weighted by atomic mass is 10.1. The second-order valence-corrected chi connectivity index (χ2v) is 5.40. The van der Waals surface area contributed by atoms with Crippen LogP contribution in [0, 0.1) is 0 Å². The van der Waals surface area contributed by atoms with Crippen molar-refractivity contribution in [3.05, 3.63) is 47.5 Å². The van der Waals surface area contributed by atoms with E-state index in [1.54, 1.807) is 20.3 Å². The second-order valence-electron chi connectivity index (χ2n) is 5.40. The van der Waals surface area contributed by atoms with Gasteiger partial charge in [-0.2, -0.15) is 0 Å². The molecular formula is C18H23NO5. The van der Waals surface area contributed by atoms with E-state index in [0.717, 1.165) is 23.5 Å². The van der Waals surface area contributed by atoms with E-state index in [4.69, 9.17) is 9.47 Å². The standard InChI is InChI=1S/C18H23NO5/c1-23-14-5-3-12(18(10-14)24-2)7-8-19-11-17(22)13-4-6-15(20)16(21)9-13/h3-6,9-10,17,19-22H,7-8,11H2,1-2H3/t17-/m0/s1. The molecule has 2 rings (SSSR count). The summed E-state index contributed by atoms with van der Waals surface area (Å²) < 4.78 is 10.5. The zero-order valence-corrected chi connectivity index (χ0v) is 13.8. The van der Waals surface area contributed by atoms with E-state index in [-0.39, 0.29) is 11.5 Å². The summed E-state index contributed by atoms with van der Waals surface area (Å²) in [5.74, 6) is 1.06. The SMILES string of the molecule is COc1ccc(CCNC[C@H](O)c2ccc(O)c(O)c2)c(OC)c1. The molecule has 0 aromatic heterocycles. The highest BCUT2D eigenvalue weighted by Gasteiger charge is 2.10. The summed E-state index contributed by atoms with van der Waals surface area (Å²) in [6.45, 7) is 0.993. The molecule has 0 amide bonds. The molecule has 2 aromatic carbocycles. The molecule has 0 spiro atoms. The highest BCUT2D eigenvalue weighted by atomic mass is 16.5. The predicted octanol–water partition coefficient (Wildman–Crippen LogP) is 1.98. The van der Waals surface area contributed by atoms with Crippen LogP contribution in [0.5, 0.6) is 23.0 Å². The van der Waals surface area contributed by atoms with Crippen LogP contribution in [0.1, 0.15) is 17.2 Å². The number of aliphatic hydroxyl groups is 1. The maximum Gasteiger partial charge on any atom is 0.157 e. The van der Waals surface area contributed by atoms with Gasteiger partial charge in [-0.05, 0) is 42.3 Å². The van der Waals surface area contributed by atoms with Crippen LogP contribution in [0.2, 0.25) is 0 Å². The highest BCUT2D eigenvalue weighted by Crippen LogP contribution is 2.27. The van der Waals surface area contributed by atoms with Crippen LogP contribution in [0.15, 0.2) is 36.4 Å². The second kappa shape index (κ2) is 8.42. The summed E-state index contributed by atoms with van der Waals surface area (Å²) in [6, 6.07) is 9.96. The molecule has 6 nitrogen and oxygen atoms in total. The van der Waals surface area contributed by atoms with E-state index in [1.807, 2.05) is 18.2 Å². The fourth-order valence-electron chi connectivity index (χ4n) is 2.39. The lowest BCUT2D eigenvalue weighted by molar-refractivity contribution is 0.174. The molecular weight excluding hydrogens is 310 g/mol. The van der Waals surface area contributed by atoms with Crippen molar-refractivity contribution < 1.29 is 24.8 Å². The molecule has 0 unspecified atom stereocenters. The Hall–Kier alpha value is -2.44. The number of phenols is 2. The van der Waals surface area contributed by atoms with Crippen LogP contribution in [0.4, 0.5) is 0 Å². The Bertz CT molecular complexity index is 674. The predicted molar refractivity (Wildman–Crippen MR) is 90.9 cm³/mol. The van der Waals surface area contributed by atoms with Crippen LogP contribution in [0.25, 0.3) is 0 Å². The monoisotopic (exact) mass is 333 g/mol. The average Bonchev–Trinajstić information content (AvgIpc) is 2.60. The first-order valence-corrected chi connectivity index (χ1v) is 7.66. The minimum atomic E-state index is -0.769. The molecule has 0 saturated heterocycles. The number of hydrogen-bond acceptors (Lipinski definition) is 6.